The number of para-hydroxylation sites is 1. The van der Waals surface area contributed by atoms with Gasteiger partial charge < -0.3 is 14.1 Å². The molecule has 1 aromatic heterocycles. The van der Waals surface area contributed by atoms with Gasteiger partial charge in [-0.05, 0) is 104 Å². The van der Waals surface area contributed by atoms with Crippen LogP contribution in [0.25, 0.3) is 77.2 Å². The van der Waals surface area contributed by atoms with E-state index >= 15 is 0 Å². The van der Waals surface area contributed by atoms with Gasteiger partial charge in [0, 0.05) is 50.1 Å². The van der Waals surface area contributed by atoms with E-state index in [0.29, 0.717) is 0 Å². The van der Waals surface area contributed by atoms with E-state index in [1.54, 1.807) is 0 Å². The highest BCUT2D eigenvalue weighted by molar-refractivity contribution is 6.11. The Morgan fingerprint density at radius 2 is 1.10 bits per heavy atom. The molecule has 0 bridgehead atoms. The molecule has 58 heavy (non-hydrogen) atoms. The number of nitrogens with zero attached hydrogens (tertiary/aromatic N) is 1. The normalized spacial score (nSPS) is 13.3. The van der Waals surface area contributed by atoms with E-state index in [9.17, 15) is 0 Å². The monoisotopic (exact) mass is 743 g/mol. The lowest BCUT2D eigenvalue weighted by Crippen LogP contribution is -2.16. The summed E-state index contributed by atoms with van der Waals surface area (Å²) in [6.07, 6.45) is 0. The van der Waals surface area contributed by atoms with Gasteiger partial charge in [0.25, 0.3) is 0 Å². The van der Waals surface area contributed by atoms with Gasteiger partial charge in [-0.15, -0.1) is 0 Å². The predicted octanol–water partition coefficient (Wildman–Crippen LogP) is 15.6. The van der Waals surface area contributed by atoms with Crippen LogP contribution in [0.1, 0.15) is 25.0 Å². The SMILES string of the molecule is CC1(C)c2cc(-c3ccccc3)ccc2-c2c(N(c3ccc4c(c3)Oc3ccc(-c5ccccc5)c5cccc-4c35)c3ccc4oc5ccccc5c4c3)cccc21. The quantitative estimate of drug-likeness (QED) is 0.176. The highest BCUT2D eigenvalue weighted by atomic mass is 16.5. The Bertz CT molecular complexity index is 3280. The molecule has 0 fully saturated rings. The van der Waals surface area contributed by atoms with Gasteiger partial charge in [-0.3, -0.25) is 0 Å². The van der Waals surface area contributed by atoms with Gasteiger partial charge in [0.2, 0.25) is 0 Å². The first-order chi connectivity index (χ1) is 28.5. The van der Waals surface area contributed by atoms with Gasteiger partial charge in [-0.25, -0.2) is 0 Å². The van der Waals surface area contributed by atoms with E-state index in [2.05, 4.69) is 195 Å². The van der Waals surface area contributed by atoms with Crippen molar-refractivity contribution in [2.75, 3.05) is 4.90 Å². The van der Waals surface area contributed by atoms with Crippen LogP contribution in [0.5, 0.6) is 11.5 Å². The van der Waals surface area contributed by atoms with Crippen molar-refractivity contribution in [3.63, 3.8) is 0 Å². The zero-order valence-corrected chi connectivity index (χ0v) is 32.2. The Kier molecular flexibility index (Phi) is 6.98. The molecule has 0 atom stereocenters. The van der Waals surface area contributed by atoms with Crippen LogP contribution in [0.2, 0.25) is 0 Å². The van der Waals surface area contributed by atoms with Crippen molar-refractivity contribution in [2.24, 2.45) is 0 Å². The summed E-state index contributed by atoms with van der Waals surface area (Å²) in [7, 11) is 0. The van der Waals surface area contributed by atoms with E-state index in [-0.39, 0.29) is 5.41 Å². The van der Waals surface area contributed by atoms with E-state index in [1.165, 1.54) is 55.5 Å². The summed E-state index contributed by atoms with van der Waals surface area (Å²) in [6.45, 7) is 4.72. The zero-order valence-electron chi connectivity index (χ0n) is 32.2. The first-order valence-electron chi connectivity index (χ1n) is 20.0. The fourth-order valence-corrected chi connectivity index (χ4v) is 9.67. The molecule has 0 radical (unpaired) electrons. The summed E-state index contributed by atoms with van der Waals surface area (Å²) in [5.41, 5.74) is 17.0. The average molecular weight is 744 g/mol. The number of rotatable bonds is 5. The molecule has 274 valence electrons. The Balaban J connectivity index is 1.07. The molecule has 1 aliphatic carbocycles. The van der Waals surface area contributed by atoms with Gasteiger partial charge in [0.05, 0.1) is 5.69 Å². The van der Waals surface area contributed by atoms with Crippen LogP contribution in [-0.2, 0) is 5.41 Å². The van der Waals surface area contributed by atoms with Crippen LogP contribution in [0.15, 0.2) is 192 Å². The first-order valence-corrected chi connectivity index (χ1v) is 20.0. The lowest BCUT2D eigenvalue weighted by molar-refractivity contribution is 0.487. The van der Waals surface area contributed by atoms with Crippen LogP contribution < -0.4 is 9.64 Å². The van der Waals surface area contributed by atoms with Crippen molar-refractivity contribution in [2.45, 2.75) is 19.3 Å². The predicted molar refractivity (Wildman–Crippen MR) is 240 cm³/mol. The first kappa shape index (κ1) is 32.8. The molecule has 0 N–H and O–H groups in total. The largest absolute Gasteiger partial charge is 0.456 e. The zero-order chi connectivity index (χ0) is 38.5. The summed E-state index contributed by atoms with van der Waals surface area (Å²) in [6, 6.07) is 67.6. The molecular formula is C55H37NO2. The summed E-state index contributed by atoms with van der Waals surface area (Å²) >= 11 is 0. The number of benzene rings is 9. The molecule has 0 unspecified atom stereocenters. The summed E-state index contributed by atoms with van der Waals surface area (Å²) in [5, 5.41) is 4.52. The molecule has 2 aliphatic rings. The number of ether oxygens (including phenoxy) is 1. The molecule has 12 rings (SSSR count). The highest BCUT2D eigenvalue weighted by Gasteiger charge is 2.38. The van der Waals surface area contributed by atoms with E-state index in [4.69, 9.17) is 9.15 Å². The molecule has 0 saturated carbocycles. The van der Waals surface area contributed by atoms with Crippen molar-refractivity contribution in [3.8, 4) is 56.0 Å². The maximum atomic E-state index is 6.91. The van der Waals surface area contributed by atoms with Gasteiger partial charge in [0.1, 0.15) is 22.7 Å². The summed E-state index contributed by atoms with van der Waals surface area (Å²) in [4.78, 5) is 2.41. The molecule has 3 heteroatoms. The lowest BCUT2D eigenvalue weighted by atomic mass is 9.81. The molecule has 0 saturated heterocycles. The molecule has 3 nitrogen and oxygen atoms in total. The molecular weight excluding hydrogens is 707 g/mol. The minimum Gasteiger partial charge on any atom is -0.456 e. The average Bonchev–Trinajstić information content (AvgIpc) is 3.76. The maximum Gasteiger partial charge on any atom is 0.137 e. The number of fused-ring (bicyclic) bond motifs is 8. The lowest BCUT2D eigenvalue weighted by Gasteiger charge is -2.30. The fourth-order valence-electron chi connectivity index (χ4n) is 9.67. The Morgan fingerprint density at radius 1 is 0.414 bits per heavy atom. The molecule has 0 amide bonds. The van der Waals surface area contributed by atoms with Gasteiger partial charge in [-0.2, -0.15) is 0 Å². The Morgan fingerprint density at radius 3 is 1.97 bits per heavy atom. The van der Waals surface area contributed by atoms with Crippen LogP contribution in [0, 0.1) is 0 Å². The third kappa shape index (κ3) is 4.80. The number of hydrogen-bond donors (Lipinski definition) is 0. The van der Waals surface area contributed by atoms with Gasteiger partial charge in [-0.1, -0.05) is 141 Å². The van der Waals surface area contributed by atoms with E-state index < -0.39 is 0 Å². The summed E-state index contributed by atoms with van der Waals surface area (Å²) < 4.78 is 13.2. The van der Waals surface area contributed by atoms with Crippen LogP contribution in [0.3, 0.4) is 0 Å². The minimum atomic E-state index is -0.207. The van der Waals surface area contributed by atoms with Crippen molar-refractivity contribution in [1.29, 1.82) is 0 Å². The molecule has 2 heterocycles. The number of hydrogen-bond acceptors (Lipinski definition) is 3. The van der Waals surface area contributed by atoms with Crippen molar-refractivity contribution in [1.82, 2.24) is 0 Å². The Labute approximate surface area is 337 Å². The Hall–Kier alpha value is -7.36. The smallest absolute Gasteiger partial charge is 0.137 e. The number of furan rings is 1. The second-order valence-corrected chi connectivity index (χ2v) is 16.1. The highest BCUT2D eigenvalue weighted by Crippen LogP contribution is 2.56. The second-order valence-electron chi connectivity index (χ2n) is 16.1. The minimum absolute atomic E-state index is 0.207. The van der Waals surface area contributed by atoms with E-state index in [0.717, 1.165) is 61.4 Å². The van der Waals surface area contributed by atoms with Crippen LogP contribution in [-0.4, -0.2) is 0 Å². The summed E-state index contributed by atoms with van der Waals surface area (Å²) in [5.74, 6) is 1.71. The molecule has 10 aromatic rings. The second kappa shape index (κ2) is 12.3. The number of anilines is 3. The van der Waals surface area contributed by atoms with Crippen molar-refractivity contribution >= 4 is 49.8 Å². The standard InChI is InChI=1S/C55H37NO2/c1-55(2)46-20-12-21-48(54(46)44-26-23-36(31-47(44)55)34-13-5-3-6-14-34)56(37-25-29-50-45(32-37)40-17-9-10-22-49(40)57-50)38-24-27-41-43-19-11-18-42-39(35-15-7-4-8-16-35)28-30-51(53(42)43)58-52(41)33-38/h3-33H,1-2H3. The fraction of sp³-hybridized carbons (Fsp3) is 0.0545. The third-order valence-electron chi connectivity index (χ3n) is 12.5. The van der Waals surface area contributed by atoms with Crippen LogP contribution >= 0.6 is 0 Å². The van der Waals surface area contributed by atoms with Gasteiger partial charge in [0.15, 0.2) is 0 Å². The van der Waals surface area contributed by atoms with Crippen molar-refractivity contribution in [3.05, 3.63) is 199 Å². The van der Waals surface area contributed by atoms with Gasteiger partial charge >= 0.3 is 0 Å². The molecule has 1 aliphatic heterocycles. The maximum absolute atomic E-state index is 6.91. The van der Waals surface area contributed by atoms with E-state index in [1.807, 2.05) is 12.1 Å². The topological polar surface area (TPSA) is 25.6 Å². The van der Waals surface area contributed by atoms with Crippen molar-refractivity contribution < 1.29 is 9.15 Å². The molecule has 9 aromatic carbocycles. The third-order valence-corrected chi connectivity index (χ3v) is 12.5. The molecule has 0 spiro atoms. The van der Waals surface area contributed by atoms with Crippen LogP contribution in [0.4, 0.5) is 17.1 Å².